The summed E-state index contributed by atoms with van der Waals surface area (Å²) in [5, 5.41) is 6.21. The van der Waals surface area contributed by atoms with Gasteiger partial charge in [0.2, 0.25) is 0 Å². The van der Waals surface area contributed by atoms with Gasteiger partial charge in [0.25, 0.3) is 0 Å². The number of nitrogens with zero attached hydrogens (tertiary/aromatic N) is 2. The molecule has 1 atom stereocenters. The molecule has 5 nitrogen and oxygen atoms in total. The molecule has 1 aromatic carbocycles. The van der Waals surface area contributed by atoms with Crippen molar-refractivity contribution in [2.24, 2.45) is 10.9 Å². The van der Waals surface area contributed by atoms with Crippen molar-refractivity contribution >= 4 is 5.96 Å². The summed E-state index contributed by atoms with van der Waals surface area (Å²) < 4.78 is 57.9. The quantitative estimate of drug-likeness (QED) is 0.417. The molecule has 9 heteroatoms. The van der Waals surface area contributed by atoms with Crippen LogP contribution in [0.2, 0.25) is 0 Å². The fourth-order valence-electron chi connectivity index (χ4n) is 3.02. The van der Waals surface area contributed by atoms with Gasteiger partial charge in [-0.15, -0.1) is 0 Å². The molecular weight excluding hydrogens is 376 g/mol. The number of nitrogens with one attached hydrogen (secondary N) is 2. The van der Waals surface area contributed by atoms with E-state index in [-0.39, 0.29) is 12.1 Å². The van der Waals surface area contributed by atoms with Crippen molar-refractivity contribution in [2.45, 2.75) is 26.6 Å². The van der Waals surface area contributed by atoms with Crippen molar-refractivity contribution < 1.29 is 22.3 Å². The summed E-state index contributed by atoms with van der Waals surface area (Å²) in [6.07, 6.45) is -4.62. The van der Waals surface area contributed by atoms with Crippen molar-refractivity contribution in [3.05, 3.63) is 35.1 Å². The van der Waals surface area contributed by atoms with E-state index in [0.29, 0.717) is 31.0 Å². The zero-order chi connectivity index (χ0) is 20.6. The number of benzene rings is 1. The topological polar surface area (TPSA) is 48.9 Å². The van der Waals surface area contributed by atoms with Gasteiger partial charge in [0.1, 0.15) is 5.82 Å². The first-order valence-electron chi connectivity index (χ1n) is 9.47. The van der Waals surface area contributed by atoms with Gasteiger partial charge in [-0.3, -0.25) is 4.90 Å². The summed E-state index contributed by atoms with van der Waals surface area (Å²) in [6.45, 7) is 9.22. The number of hydrogen-bond acceptors (Lipinski definition) is 3. The number of ether oxygens (including phenoxy) is 1. The molecule has 0 saturated carbocycles. The Kier molecular flexibility index (Phi) is 8.50. The highest BCUT2D eigenvalue weighted by atomic mass is 19.4. The van der Waals surface area contributed by atoms with Crippen molar-refractivity contribution in [1.29, 1.82) is 0 Å². The lowest BCUT2D eigenvalue weighted by molar-refractivity contribution is -0.138. The number of rotatable bonds is 7. The van der Waals surface area contributed by atoms with E-state index in [2.05, 4.69) is 27.4 Å². The highest BCUT2D eigenvalue weighted by Crippen LogP contribution is 2.32. The molecule has 1 aliphatic rings. The molecule has 28 heavy (non-hydrogen) atoms. The van der Waals surface area contributed by atoms with E-state index >= 15 is 0 Å². The van der Waals surface area contributed by atoms with E-state index < -0.39 is 17.6 Å². The van der Waals surface area contributed by atoms with E-state index in [9.17, 15) is 17.6 Å². The highest BCUT2D eigenvalue weighted by Gasteiger charge is 2.33. The first-order chi connectivity index (χ1) is 13.3. The van der Waals surface area contributed by atoms with Gasteiger partial charge in [-0.05, 0) is 30.5 Å². The fraction of sp³-hybridized carbons (Fsp3) is 0.632. The van der Waals surface area contributed by atoms with E-state index in [1.54, 1.807) is 0 Å². The third kappa shape index (κ3) is 7.27. The Labute approximate surface area is 163 Å². The van der Waals surface area contributed by atoms with Crippen LogP contribution >= 0.6 is 0 Å². The Bertz CT molecular complexity index is 645. The summed E-state index contributed by atoms with van der Waals surface area (Å²) in [7, 11) is 0. The zero-order valence-corrected chi connectivity index (χ0v) is 16.3. The molecule has 1 aliphatic heterocycles. The lowest BCUT2D eigenvalue weighted by Gasteiger charge is -2.29. The number of guanidine groups is 1. The van der Waals surface area contributed by atoms with Crippen LogP contribution in [0.25, 0.3) is 0 Å². The molecule has 0 aromatic heterocycles. The Morgan fingerprint density at radius 1 is 1.25 bits per heavy atom. The average molecular weight is 404 g/mol. The fourth-order valence-corrected chi connectivity index (χ4v) is 3.02. The van der Waals surface area contributed by atoms with Crippen LogP contribution in [0.15, 0.2) is 23.2 Å². The molecule has 1 fully saturated rings. The van der Waals surface area contributed by atoms with Crippen LogP contribution in [0.5, 0.6) is 0 Å². The smallest absolute Gasteiger partial charge is 0.379 e. The Morgan fingerprint density at radius 3 is 2.61 bits per heavy atom. The number of hydrogen-bond donors (Lipinski definition) is 2. The summed E-state index contributed by atoms with van der Waals surface area (Å²) in [5.41, 5.74) is -1.06. The standard InChI is InChI=1S/C19H28F4N4O/c1-3-24-18(25-11-14(2)13-27-6-8-28-9-7-27)26-12-15-4-5-16(20)10-17(15)19(21,22)23/h4-5,10,14H,3,6-9,11-13H2,1-2H3,(H2,24,25,26). The van der Waals surface area contributed by atoms with E-state index in [1.165, 1.54) is 0 Å². The minimum absolute atomic E-state index is 0.0625. The molecule has 0 amide bonds. The van der Waals surface area contributed by atoms with Gasteiger partial charge in [-0.25, -0.2) is 9.38 Å². The molecular formula is C19H28F4N4O. The Hall–Kier alpha value is -1.87. The van der Waals surface area contributed by atoms with Crippen LogP contribution < -0.4 is 10.6 Å². The minimum Gasteiger partial charge on any atom is -0.379 e. The van der Waals surface area contributed by atoms with Gasteiger partial charge in [0.15, 0.2) is 5.96 Å². The van der Waals surface area contributed by atoms with Gasteiger partial charge >= 0.3 is 6.18 Å². The van der Waals surface area contributed by atoms with Gasteiger partial charge in [0, 0.05) is 32.7 Å². The molecule has 1 saturated heterocycles. The lowest BCUT2D eigenvalue weighted by atomic mass is 10.1. The molecule has 2 rings (SSSR count). The molecule has 0 bridgehead atoms. The van der Waals surface area contributed by atoms with Crippen LogP contribution in [0, 0.1) is 11.7 Å². The van der Waals surface area contributed by atoms with Crippen molar-refractivity contribution in [2.75, 3.05) is 45.9 Å². The summed E-state index contributed by atoms with van der Waals surface area (Å²) in [5.74, 6) is -0.144. The second-order valence-electron chi connectivity index (χ2n) is 6.89. The number of morpholine rings is 1. The number of alkyl halides is 3. The molecule has 1 aromatic rings. The van der Waals surface area contributed by atoms with Crippen LogP contribution in [-0.2, 0) is 17.5 Å². The molecule has 1 unspecified atom stereocenters. The average Bonchev–Trinajstić information content (AvgIpc) is 2.65. The minimum atomic E-state index is -4.62. The normalized spacial score (nSPS) is 17.4. The third-order valence-electron chi connectivity index (χ3n) is 4.42. The van der Waals surface area contributed by atoms with Crippen molar-refractivity contribution in [3.8, 4) is 0 Å². The summed E-state index contributed by atoms with van der Waals surface area (Å²) in [4.78, 5) is 6.57. The van der Waals surface area contributed by atoms with Crippen LogP contribution in [0.4, 0.5) is 17.6 Å². The Morgan fingerprint density at radius 2 is 1.96 bits per heavy atom. The monoisotopic (exact) mass is 404 g/mol. The first-order valence-corrected chi connectivity index (χ1v) is 9.47. The SMILES string of the molecule is CCNC(=NCc1ccc(F)cc1C(F)(F)F)NCC(C)CN1CCOCC1. The van der Waals surface area contributed by atoms with Crippen molar-refractivity contribution in [1.82, 2.24) is 15.5 Å². The highest BCUT2D eigenvalue weighted by molar-refractivity contribution is 5.79. The maximum Gasteiger partial charge on any atom is 0.416 e. The summed E-state index contributed by atoms with van der Waals surface area (Å²) in [6, 6.07) is 2.66. The van der Waals surface area contributed by atoms with Crippen molar-refractivity contribution in [3.63, 3.8) is 0 Å². The summed E-state index contributed by atoms with van der Waals surface area (Å²) >= 11 is 0. The number of halogens is 4. The molecule has 1 heterocycles. The zero-order valence-electron chi connectivity index (χ0n) is 16.3. The molecule has 0 spiro atoms. The van der Waals surface area contributed by atoms with Crippen LogP contribution in [0.1, 0.15) is 25.0 Å². The molecule has 0 radical (unpaired) electrons. The number of aliphatic imine (C=N–C) groups is 1. The predicted octanol–water partition coefficient (Wildman–Crippen LogP) is 2.87. The van der Waals surface area contributed by atoms with Gasteiger partial charge in [-0.2, -0.15) is 13.2 Å². The van der Waals surface area contributed by atoms with Gasteiger partial charge in [0.05, 0.1) is 25.3 Å². The second kappa shape index (κ2) is 10.6. The Balaban J connectivity index is 1.96. The van der Waals surface area contributed by atoms with Gasteiger partial charge in [-0.1, -0.05) is 13.0 Å². The second-order valence-corrected chi connectivity index (χ2v) is 6.89. The lowest BCUT2D eigenvalue weighted by Crippen LogP contribution is -2.44. The molecule has 0 aliphatic carbocycles. The van der Waals surface area contributed by atoms with Crippen LogP contribution in [-0.4, -0.2) is 56.8 Å². The predicted molar refractivity (Wildman–Crippen MR) is 101 cm³/mol. The van der Waals surface area contributed by atoms with E-state index in [0.717, 1.165) is 45.0 Å². The van der Waals surface area contributed by atoms with E-state index in [4.69, 9.17) is 4.74 Å². The van der Waals surface area contributed by atoms with E-state index in [1.807, 2.05) is 6.92 Å². The van der Waals surface area contributed by atoms with Crippen LogP contribution in [0.3, 0.4) is 0 Å². The van der Waals surface area contributed by atoms with Gasteiger partial charge < -0.3 is 15.4 Å². The first kappa shape index (κ1) is 22.4. The molecule has 2 N–H and O–H groups in total. The maximum atomic E-state index is 13.2. The third-order valence-corrected chi connectivity index (χ3v) is 4.42. The molecule has 158 valence electrons. The maximum absolute atomic E-state index is 13.2. The largest absolute Gasteiger partial charge is 0.416 e.